The first kappa shape index (κ1) is 20.2. The maximum atomic E-state index is 12.5. The van der Waals surface area contributed by atoms with Crippen LogP contribution in [0.4, 0.5) is 0 Å². The second-order valence-corrected chi connectivity index (χ2v) is 7.84. The molecule has 2 atom stereocenters. The Labute approximate surface area is 176 Å². The highest BCUT2D eigenvalue weighted by molar-refractivity contribution is 5.38. The molecule has 1 aromatic heterocycles. The van der Waals surface area contributed by atoms with Crippen LogP contribution < -0.4 is 15.0 Å². The van der Waals surface area contributed by atoms with E-state index in [1.165, 1.54) is 6.07 Å². The zero-order valence-corrected chi connectivity index (χ0v) is 17.1. The van der Waals surface area contributed by atoms with Crippen LogP contribution in [0.25, 0.3) is 5.69 Å². The Morgan fingerprint density at radius 1 is 1.03 bits per heavy atom. The van der Waals surface area contributed by atoms with E-state index in [0.29, 0.717) is 31.3 Å². The van der Waals surface area contributed by atoms with E-state index in [4.69, 9.17) is 9.47 Å². The molecule has 1 fully saturated rings. The molecule has 4 rings (SSSR count). The molecule has 6 heteroatoms. The smallest absolute Gasteiger partial charge is 0.258 e. The fourth-order valence-corrected chi connectivity index (χ4v) is 3.74. The first-order valence-electron chi connectivity index (χ1n) is 10.2. The summed E-state index contributed by atoms with van der Waals surface area (Å²) >= 11 is 0. The summed E-state index contributed by atoms with van der Waals surface area (Å²) in [5.74, 6) is 1.23. The molecule has 0 amide bonds. The van der Waals surface area contributed by atoms with Crippen molar-refractivity contribution >= 4 is 0 Å². The maximum absolute atomic E-state index is 12.5. The van der Waals surface area contributed by atoms with Gasteiger partial charge in [-0.25, -0.2) is 0 Å². The third-order valence-electron chi connectivity index (χ3n) is 5.61. The van der Waals surface area contributed by atoms with Gasteiger partial charge in [0.15, 0.2) is 0 Å². The van der Waals surface area contributed by atoms with Crippen molar-refractivity contribution < 1.29 is 14.1 Å². The number of hydrogen-bond acceptors (Lipinski definition) is 4. The lowest BCUT2D eigenvalue weighted by Gasteiger charge is -2.39. The number of pyridine rings is 1. The fourth-order valence-electron chi connectivity index (χ4n) is 3.74. The normalized spacial score (nSPS) is 20.8. The van der Waals surface area contributed by atoms with Crippen LogP contribution in [0.1, 0.15) is 18.4 Å². The Bertz CT molecular complexity index is 1030. The summed E-state index contributed by atoms with van der Waals surface area (Å²) in [6.45, 7) is 1.48. The number of rotatable bonds is 7. The van der Waals surface area contributed by atoms with Crippen molar-refractivity contribution in [2.45, 2.75) is 25.5 Å². The average Bonchev–Trinajstić information content (AvgIpc) is 3.10. The Morgan fingerprint density at radius 2 is 1.80 bits per heavy atom. The van der Waals surface area contributed by atoms with E-state index in [1.54, 1.807) is 23.9 Å². The van der Waals surface area contributed by atoms with Gasteiger partial charge in [-0.15, -0.1) is 0 Å². The third kappa shape index (κ3) is 4.72. The second-order valence-electron chi connectivity index (χ2n) is 7.84. The first-order valence-corrected chi connectivity index (χ1v) is 10.2. The van der Waals surface area contributed by atoms with Gasteiger partial charge >= 0.3 is 0 Å². The minimum absolute atomic E-state index is 0.0178. The molecule has 156 valence electrons. The van der Waals surface area contributed by atoms with Crippen LogP contribution in [0.5, 0.6) is 11.5 Å². The summed E-state index contributed by atoms with van der Waals surface area (Å²) in [4.78, 5) is 12.5. The molecule has 2 aromatic carbocycles. The van der Waals surface area contributed by atoms with Crippen LogP contribution in [0.15, 0.2) is 77.7 Å². The first-order chi connectivity index (χ1) is 14.5. The van der Waals surface area contributed by atoms with Crippen molar-refractivity contribution in [3.8, 4) is 17.2 Å². The average molecular weight is 406 g/mol. The maximum Gasteiger partial charge on any atom is 0.258 e. The highest BCUT2D eigenvalue weighted by atomic mass is 16.6. The number of ether oxygens (including phenoxy) is 2. The summed E-state index contributed by atoms with van der Waals surface area (Å²) < 4.78 is 12.9. The van der Waals surface area contributed by atoms with Crippen molar-refractivity contribution in [1.82, 2.24) is 4.57 Å². The van der Waals surface area contributed by atoms with Gasteiger partial charge in [0.05, 0.1) is 13.6 Å². The van der Waals surface area contributed by atoms with Crippen LogP contribution in [0.3, 0.4) is 0 Å². The number of likely N-dealkylation sites (tertiary alicyclic amines) is 1. The van der Waals surface area contributed by atoms with E-state index in [2.05, 4.69) is 0 Å². The van der Waals surface area contributed by atoms with E-state index in [0.717, 1.165) is 24.1 Å². The van der Waals surface area contributed by atoms with Gasteiger partial charge in [-0.2, -0.15) is 0 Å². The predicted molar refractivity (Wildman–Crippen MR) is 116 cm³/mol. The number of hydroxylamine groups is 3. The summed E-state index contributed by atoms with van der Waals surface area (Å²) in [6.07, 6.45) is 3.55. The van der Waals surface area contributed by atoms with Crippen LogP contribution in [0.2, 0.25) is 0 Å². The Kier molecular flexibility index (Phi) is 5.88. The van der Waals surface area contributed by atoms with Gasteiger partial charge < -0.3 is 19.3 Å². The molecule has 6 nitrogen and oxygen atoms in total. The second kappa shape index (κ2) is 8.73. The largest absolute Gasteiger partial charge is 0.633 e. The Hall–Kier alpha value is -3.09. The minimum Gasteiger partial charge on any atom is -0.633 e. The fraction of sp³-hybridized carbons (Fsp3) is 0.292. The van der Waals surface area contributed by atoms with E-state index in [-0.39, 0.29) is 16.2 Å². The molecule has 3 aromatic rings. The van der Waals surface area contributed by atoms with Crippen LogP contribution >= 0.6 is 0 Å². The molecule has 0 aliphatic carbocycles. The van der Waals surface area contributed by atoms with E-state index < -0.39 is 0 Å². The molecule has 0 bridgehead atoms. The zero-order chi connectivity index (χ0) is 21.0. The molecule has 2 heterocycles. The van der Waals surface area contributed by atoms with E-state index in [1.807, 2.05) is 54.6 Å². The summed E-state index contributed by atoms with van der Waals surface area (Å²) in [6, 6.07) is 20.4. The van der Waals surface area contributed by atoms with E-state index >= 15 is 0 Å². The van der Waals surface area contributed by atoms with Crippen molar-refractivity contribution in [1.29, 1.82) is 0 Å². The molecule has 0 radical (unpaired) electrons. The zero-order valence-electron chi connectivity index (χ0n) is 17.1. The quantitative estimate of drug-likeness (QED) is 0.441. The molecular weight excluding hydrogens is 380 g/mol. The van der Waals surface area contributed by atoms with Gasteiger partial charge in [-0.1, -0.05) is 30.3 Å². The number of hydrogen-bond donors (Lipinski definition) is 0. The summed E-state index contributed by atoms with van der Waals surface area (Å²) in [5, 5.41) is 12.3. The standard InChI is InChI=1S/C24H26N2O4/c1-26(28)15-5-8-21(26)18-30-22-11-9-20(10-12-22)25-14-13-23(16-24(25)27)29-17-19-6-3-2-4-7-19/h2-4,6-7,9-14,16,21H,5,8,15,17-18H2,1H3/t21-,26?/m0/s1. The highest BCUT2D eigenvalue weighted by Crippen LogP contribution is 2.24. The molecule has 1 unspecified atom stereocenters. The molecule has 30 heavy (non-hydrogen) atoms. The molecule has 1 saturated heterocycles. The highest BCUT2D eigenvalue weighted by Gasteiger charge is 2.31. The number of aromatic nitrogens is 1. The molecule has 0 saturated carbocycles. The van der Waals surface area contributed by atoms with Gasteiger partial charge in [-0.05, 0) is 35.9 Å². The monoisotopic (exact) mass is 406 g/mol. The van der Waals surface area contributed by atoms with Crippen molar-refractivity contribution in [3.05, 3.63) is 94.1 Å². The van der Waals surface area contributed by atoms with Crippen LogP contribution in [-0.4, -0.2) is 35.5 Å². The number of likely N-dealkylation sites (N-methyl/N-ethyl adjacent to an activating group) is 1. The lowest BCUT2D eigenvalue weighted by molar-refractivity contribution is -0.873. The van der Waals surface area contributed by atoms with Gasteiger partial charge in [0.2, 0.25) is 0 Å². The summed E-state index contributed by atoms with van der Waals surface area (Å²) in [7, 11) is 1.71. The number of quaternary nitrogens is 1. The van der Waals surface area contributed by atoms with Crippen molar-refractivity contribution in [3.63, 3.8) is 0 Å². The topological polar surface area (TPSA) is 63.5 Å². The molecule has 0 spiro atoms. The van der Waals surface area contributed by atoms with Crippen LogP contribution in [-0.2, 0) is 6.61 Å². The number of benzene rings is 2. The Balaban J connectivity index is 1.38. The van der Waals surface area contributed by atoms with Gasteiger partial charge in [0, 0.05) is 30.8 Å². The van der Waals surface area contributed by atoms with Gasteiger partial charge in [0.25, 0.3) is 5.56 Å². The van der Waals surface area contributed by atoms with E-state index in [9.17, 15) is 10.0 Å². The predicted octanol–water partition coefficient (Wildman–Crippen LogP) is 3.90. The third-order valence-corrected chi connectivity index (χ3v) is 5.61. The molecule has 0 N–H and O–H groups in total. The van der Waals surface area contributed by atoms with Gasteiger partial charge in [0.1, 0.15) is 30.8 Å². The Morgan fingerprint density at radius 3 is 2.47 bits per heavy atom. The van der Waals surface area contributed by atoms with Crippen molar-refractivity contribution in [2.24, 2.45) is 0 Å². The lowest BCUT2D eigenvalue weighted by Crippen LogP contribution is -2.45. The molecular formula is C24H26N2O4. The number of nitrogens with zero attached hydrogens (tertiary/aromatic N) is 2. The minimum atomic E-state index is -0.230. The summed E-state index contributed by atoms with van der Waals surface area (Å²) in [5.41, 5.74) is 1.62. The van der Waals surface area contributed by atoms with Crippen LogP contribution in [0, 0.1) is 5.21 Å². The molecule has 1 aliphatic rings. The van der Waals surface area contributed by atoms with Crippen molar-refractivity contribution in [2.75, 3.05) is 20.2 Å². The molecule has 1 aliphatic heterocycles. The van der Waals surface area contributed by atoms with Gasteiger partial charge in [-0.3, -0.25) is 9.36 Å². The lowest BCUT2D eigenvalue weighted by atomic mass is 10.2. The SMILES string of the molecule is C[N+]1([O-])CCC[C@H]1COc1ccc(-n2ccc(OCc3ccccc3)cc2=O)cc1.